The third kappa shape index (κ3) is 3.89. The molecule has 0 saturated heterocycles. The van der Waals surface area contributed by atoms with Crippen molar-refractivity contribution in [3.63, 3.8) is 0 Å². The first-order valence-electron chi connectivity index (χ1n) is 3.95. The molecule has 13 heavy (non-hydrogen) atoms. The SMILES string of the molecule is CC(CC(=N)N)Sc1ncccn1. The van der Waals surface area contributed by atoms with Crippen LogP contribution >= 0.6 is 11.8 Å². The molecule has 1 rings (SSSR count). The van der Waals surface area contributed by atoms with E-state index in [2.05, 4.69) is 9.97 Å². The highest BCUT2D eigenvalue weighted by atomic mass is 32.2. The lowest BCUT2D eigenvalue weighted by Gasteiger charge is -2.07. The normalized spacial score (nSPS) is 12.4. The quantitative estimate of drug-likeness (QED) is 0.329. The van der Waals surface area contributed by atoms with Gasteiger partial charge in [0.05, 0.1) is 5.84 Å². The Labute approximate surface area is 81.5 Å². The van der Waals surface area contributed by atoms with Crippen LogP contribution in [0.15, 0.2) is 23.6 Å². The molecule has 0 spiro atoms. The van der Waals surface area contributed by atoms with Crippen LogP contribution in [0.25, 0.3) is 0 Å². The number of nitrogens with one attached hydrogen (secondary N) is 1. The number of nitrogens with two attached hydrogens (primary N) is 1. The van der Waals surface area contributed by atoms with Crippen LogP contribution in [0.3, 0.4) is 0 Å². The molecule has 0 aliphatic heterocycles. The zero-order chi connectivity index (χ0) is 9.68. The van der Waals surface area contributed by atoms with E-state index in [1.165, 1.54) is 11.8 Å². The third-order valence-electron chi connectivity index (χ3n) is 1.36. The highest BCUT2D eigenvalue weighted by Gasteiger charge is 2.06. The number of nitrogens with zero attached hydrogens (tertiary/aromatic N) is 2. The molecule has 1 heterocycles. The van der Waals surface area contributed by atoms with E-state index in [4.69, 9.17) is 11.1 Å². The van der Waals surface area contributed by atoms with Gasteiger partial charge in [-0.15, -0.1) is 0 Å². The largest absolute Gasteiger partial charge is 0.388 e. The molecule has 0 amide bonds. The van der Waals surface area contributed by atoms with Crippen molar-refractivity contribution in [3.8, 4) is 0 Å². The Hall–Kier alpha value is -1.10. The smallest absolute Gasteiger partial charge is 0.187 e. The number of thioether (sulfide) groups is 1. The highest BCUT2D eigenvalue weighted by molar-refractivity contribution is 7.99. The molecule has 1 aromatic rings. The molecular formula is C8H12N4S. The van der Waals surface area contributed by atoms with Crippen LogP contribution in [-0.2, 0) is 0 Å². The van der Waals surface area contributed by atoms with E-state index in [9.17, 15) is 0 Å². The zero-order valence-corrected chi connectivity index (χ0v) is 8.21. The Morgan fingerprint density at radius 2 is 2.23 bits per heavy atom. The summed E-state index contributed by atoms with van der Waals surface area (Å²) in [7, 11) is 0. The van der Waals surface area contributed by atoms with Gasteiger partial charge in [-0.3, -0.25) is 5.41 Å². The van der Waals surface area contributed by atoms with Gasteiger partial charge in [-0.05, 0) is 6.07 Å². The maximum Gasteiger partial charge on any atom is 0.187 e. The Morgan fingerprint density at radius 1 is 1.62 bits per heavy atom. The first-order chi connectivity index (χ1) is 6.18. The molecule has 1 unspecified atom stereocenters. The van der Waals surface area contributed by atoms with Gasteiger partial charge >= 0.3 is 0 Å². The minimum Gasteiger partial charge on any atom is -0.388 e. The van der Waals surface area contributed by atoms with Gasteiger partial charge in [-0.2, -0.15) is 0 Å². The molecule has 0 fully saturated rings. The summed E-state index contributed by atoms with van der Waals surface area (Å²) >= 11 is 1.53. The third-order valence-corrected chi connectivity index (χ3v) is 2.35. The van der Waals surface area contributed by atoms with Crippen molar-refractivity contribution in [3.05, 3.63) is 18.5 Å². The van der Waals surface area contributed by atoms with Crippen molar-refractivity contribution in [2.75, 3.05) is 0 Å². The standard InChI is InChI=1S/C8H12N4S/c1-6(5-7(9)10)13-8-11-3-2-4-12-8/h2-4,6H,5H2,1H3,(H3,9,10). The summed E-state index contributed by atoms with van der Waals surface area (Å²) in [6.07, 6.45) is 3.98. The van der Waals surface area contributed by atoms with E-state index in [0.717, 1.165) is 5.16 Å². The fourth-order valence-corrected chi connectivity index (χ4v) is 1.74. The molecule has 1 aromatic heterocycles. The highest BCUT2D eigenvalue weighted by Crippen LogP contribution is 2.20. The summed E-state index contributed by atoms with van der Waals surface area (Å²) in [5.74, 6) is 0.205. The predicted molar refractivity (Wildman–Crippen MR) is 53.9 cm³/mol. The van der Waals surface area contributed by atoms with Crippen LogP contribution in [0, 0.1) is 5.41 Å². The fraction of sp³-hybridized carbons (Fsp3) is 0.375. The summed E-state index contributed by atoms with van der Waals surface area (Å²) in [6, 6.07) is 1.78. The lowest BCUT2D eigenvalue weighted by atomic mass is 10.3. The molecule has 1 atom stereocenters. The van der Waals surface area contributed by atoms with E-state index in [0.29, 0.717) is 6.42 Å². The Balaban J connectivity index is 2.45. The fourth-order valence-electron chi connectivity index (χ4n) is 0.878. The number of rotatable bonds is 4. The van der Waals surface area contributed by atoms with Gasteiger partial charge < -0.3 is 5.73 Å². The van der Waals surface area contributed by atoms with Crippen molar-refractivity contribution in [1.29, 1.82) is 5.41 Å². The van der Waals surface area contributed by atoms with Crippen molar-refractivity contribution >= 4 is 17.6 Å². The first-order valence-corrected chi connectivity index (χ1v) is 4.83. The van der Waals surface area contributed by atoms with Crippen LogP contribution in [0.4, 0.5) is 0 Å². The van der Waals surface area contributed by atoms with Crippen LogP contribution in [0.1, 0.15) is 13.3 Å². The lowest BCUT2D eigenvalue weighted by Crippen LogP contribution is -2.15. The van der Waals surface area contributed by atoms with Crippen LogP contribution in [0.5, 0.6) is 0 Å². The minimum atomic E-state index is 0.205. The van der Waals surface area contributed by atoms with Gasteiger partial charge in [-0.25, -0.2) is 9.97 Å². The monoisotopic (exact) mass is 196 g/mol. The summed E-state index contributed by atoms with van der Waals surface area (Å²) in [4.78, 5) is 8.13. The van der Waals surface area contributed by atoms with Crippen molar-refractivity contribution in [2.24, 2.45) is 5.73 Å². The predicted octanol–water partition coefficient (Wildman–Crippen LogP) is 1.28. The Kier molecular flexibility index (Phi) is 3.70. The Morgan fingerprint density at radius 3 is 2.77 bits per heavy atom. The van der Waals surface area contributed by atoms with E-state index >= 15 is 0 Å². The van der Waals surface area contributed by atoms with E-state index in [-0.39, 0.29) is 11.1 Å². The average Bonchev–Trinajstić information content (AvgIpc) is 2.04. The molecule has 3 N–H and O–H groups in total. The summed E-state index contributed by atoms with van der Waals surface area (Å²) < 4.78 is 0. The van der Waals surface area contributed by atoms with Gasteiger partial charge in [-0.1, -0.05) is 18.7 Å². The van der Waals surface area contributed by atoms with Gasteiger partial charge in [0.2, 0.25) is 0 Å². The van der Waals surface area contributed by atoms with E-state index in [1.54, 1.807) is 18.5 Å². The summed E-state index contributed by atoms with van der Waals surface area (Å²) in [6.45, 7) is 2.00. The number of amidine groups is 1. The maximum atomic E-state index is 7.11. The van der Waals surface area contributed by atoms with E-state index < -0.39 is 0 Å². The number of aromatic nitrogens is 2. The minimum absolute atomic E-state index is 0.205. The molecule has 0 aromatic carbocycles. The average molecular weight is 196 g/mol. The number of hydrogen-bond donors (Lipinski definition) is 2. The molecular weight excluding hydrogens is 184 g/mol. The molecule has 70 valence electrons. The van der Waals surface area contributed by atoms with E-state index in [1.807, 2.05) is 6.92 Å². The molecule has 0 bridgehead atoms. The number of hydrogen-bond acceptors (Lipinski definition) is 4. The molecule has 0 aliphatic rings. The molecule has 0 radical (unpaired) electrons. The maximum absolute atomic E-state index is 7.11. The lowest BCUT2D eigenvalue weighted by molar-refractivity contribution is 0.934. The Bertz CT molecular complexity index is 275. The summed E-state index contributed by atoms with van der Waals surface area (Å²) in [5, 5.41) is 8.10. The van der Waals surface area contributed by atoms with Crippen molar-refractivity contribution < 1.29 is 0 Å². The first kappa shape index (κ1) is 9.98. The van der Waals surface area contributed by atoms with Crippen LogP contribution in [-0.4, -0.2) is 21.1 Å². The van der Waals surface area contributed by atoms with Crippen LogP contribution in [0.2, 0.25) is 0 Å². The van der Waals surface area contributed by atoms with Gasteiger partial charge in [0.15, 0.2) is 5.16 Å². The van der Waals surface area contributed by atoms with Crippen molar-refractivity contribution in [2.45, 2.75) is 23.8 Å². The van der Waals surface area contributed by atoms with Gasteiger partial charge in [0, 0.05) is 24.1 Å². The molecule has 5 heteroatoms. The topological polar surface area (TPSA) is 75.7 Å². The zero-order valence-electron chi connectivity index (χ0n) is 7.40. The van der Waals surface area contributed by atoms with Gasteiger partial charge in [0.1, 0.15) is 0 Å². The second-order valence-electron chi connectivity index (χ2n) is 2.69. The molecule has 4 nitrogen and oxygen atoms in total. The second-order valence-corrected chi connectivity index (χ2v) is 4.09. The summed E-state index contributed by atoms with van der Waals surface area (Å²) in [5.41, 5.74) is 5.28. The van der Waals surface area contributed by atoms with Crippen LogP contribution < -0.4 is 5.73 Å². The second kappa shape index (κ2) is 4.81. The van der Waals surface area contributed by atoms with Gasteiger partial charge in [0.25, 0.3) is 0 Å². The van der Waals surface area contributed by atoms with Crippen molar-refractivity contribution in [1.82, 2.24) is 9.97 Å². The molecule has 0 saturated carbocycles. The molecule has 0 aliphatic carbocycles.